The van der Waals surface area contributed by atoms with Gasteiger partial charge < -0.3 is 10.1 Å². The van der Waals surface area contributed by atoms with Crippen molar-refractivity contribution in [3.05, 3.63) is 35.4 Å². The van der Waals surface area contributed by atoms with Gasteiger partial charge in [-0.05, 0) is 44.9 Å². The molecule has 1 aliphatic rings. The van der Waals surface area contributed by atoms with Crippen molar-refractivity contribution in [1.82, 2.24) is 5.32 Å². The monoisotopic (exact) mass is 255 g/mol. The van der Waals surface area contributed by atoms with E-state index in [0.29, 0.717) is 17.7 Å². The van der Waals surface area contributed by atoms with Gasteiger partial charge in [-0.3, -0.25) is 0 Å². The summed E-state index contributed by atoms with van der Waals surface area (Å²) >= 11 is 0. The molecule has 1 fully saturated rings. The molecule has 0 spiro atoms. The maximum Gasteiger partial charge on any atom is 0.128 e. The summed E-state index contributed by atoms with van der Waals surface area (Å²) in [6.45, 7) is 4.56. The molecule has 1 saturated carbocycles. The molecule has 1 N–H and O–H groups in total. The summed E-state index contributed by atoms with van der Waals surface area (Å²) in [6, 6.07) is 3.71. The Balaban J connectivity index is 1.89. The molecule has 1 unspecified atom stereocenters. The van der Waals surface area contributed by atoms with Gasteiger partial charge >= 0.3 is 0 Å². The van der Waals surface area contributed by atoms with Gasteiger partial charge in [-0.2, -0.15) is 0 Å². The Hall–Kier alpha value is -1.00. The Morgan fingerprint density at radius 3 is 2.78 bits per heavy atom. The van der Waals surface area contributed by atoms with E-state index >= 15 is 0 Å². The van der Waals surface area contributed by atoms with E-state index in [4.69, 9.17) is 4.74 Å². The van der Waals surface area contributed by atoms with E-state index in [2.05, 4.69) is 5.32 Å². The molecule has 0 aliphatic heterocycles. The van der Waals surface area contributed by atoms with Crippen LogP contribution in [0.25, 0.3) is 0 Å². The van der Waals surface area contributed by atoms with Crippen molar-refractivity contribution in [1.29, 1.82) is 0 Å². The van der Waals surface area contributed by atoms with Crippen LogP contribution >= 0.6 is 0 Å². The first kappa shape index (κ1) is 13.4. The van der Waals surface area contributed by atoms with Crippen molar-refractivity contribution >= 4 is 0 Å². The molecule has 0 aromatic heterocycles. The molecule has 1 atom stereocenters. The van der Waals surface area contributed by atoms with E-state index in [-0.39, 0.29) is 11.9 Å². The van der Waals surface area contributed by atoms with Crippen molar-refractivity contribution in [3.63, 3.8) is 0 Å². The van der Waals surface area contributed by atoms with Crippen molar-refractivity contribution in [2.24, 2.45) is 0 Å². The van der Waals surface area contributed by atoms with Crippen LogP contribution < -0.4 is 5.32 Å². The zero-order valence-electron chi connectivity index (χ0n) is 10.7. The third-order valence-electron chi connectivity index (χ3n) is 3.41. The van der Waals surface area contributed by atoms with Gasteiger partial charge in [0.05, 0.1) is 6.10 Å². The summed E-state index contributed by atoms with van der Waals surface area (Å²) < 4.78 is 32.1. The molecule has 2 nitrogen and oxygen atoms in total. The van der Waals surface area contributed by atoms with Gasteiger partial charge in [0.1, 0.15) is 11.6 Å². The lowest BCUT2D eigenvalue weighted by Crippen LogP contribution is -2.46. The van der Waals surface area contributed by atoms with E-state index in [1.54, 1.807) is 0 Å². The lowest BCUT2D eigenvalue weighted by atomic mass is 9.88. The number of hydrogen-bond acceptors (Lipinski definition) is 2. The zero-order chi connectivity index (χ0) is 13.1. The first-order valence-electron chi connectivity index (χ1n) is 6.42. The Bertz CT molecular complexity index is 405. The second kappa shape index (κ2) is 5.76. The fourth-order valence-corrected chi connectivity index (χ4v) is 2.36. The van der Waals surface area contributed by atoms with Gasteiger partial charge in [0.25, 0.3) is 0 Å². The fourth-order valence-electron chi connectivity index (χ4n) is 2.36. The van der Waals surface area contributed by atoms with Gasteiger partial charge in [0.2, 0.25) is 0 Å². The van der Waals surface area contributed by atoms with Gasteiger partial charge in [0, 0.05) is 24.3 Å². The van der Waals surface area contributed by atoms with Crippen LogP contribution in [0.4, 0.5) is 8.78 Å². The van der Waals surface area contributed by atoms with E-state index in [1.807, 2.05) is 13.8 Å². The number of hydrogen-bond donors (Lipinski definition) is 1. The molecular formula is C14H19F2NO. The summed E-state index contributed by atoms with van der Waals surface area (Å²) in [7, 11) is 0. The second-order valence-corrected chi connectivity index (χ2v) is 4.80. The normalized spacial score (nSPS) is 24.7. The second-order valence-electron chi connectivity index (χ2n) is 4.80. The topological polar surface area (TPSA) is 21.3 Å². The number of nitrogens with one attached hydrogen (secondary N) is 1. The fraction of sp³-hybridized carbons (Fsp3) is 0.571. The van der Waals surface area contributed by atoms with Crippen LogP contribution in [0.5, 0.6) is 0 Å². The average Bonchev–Trinajstić information content (AvgIpc) is 2.29. The van der Waals surface area contributed by atoms with Crippen molar-refractivity contribution in [2.45, 2.75) is 44.9 Å². The van der Waals surface area contributed by atoms with Gasteiger partial charge in [0.15, 0.2) is 0 Å². The van der Waals surface area contributed by atoms with E-state index in [0.717, 1.165) is 25.5 Å². The smallest absolute Gasteiger partial charge is 0.128 e. The predicted octanol–water partition coefficient (Wildman–Crippen LogP) is 3.18. The lowest BCUT2D eigenvalue weighted by Gasteiger charge is -2.37. The van der Waals surface area contributed by atoms with E-state index in [9.17, 15) is 8.78 Å². The molecule has 0 heterocycles. The molecule has 0 radical (unpaired) electrons. The van der Waals surface area contributed by atoms with Crippen LogP contribution in [-0.4, -0.2) is 18.8 Å². The number of halogens is 2. The standard InChI is InChI=1S/C14H19F2NO/c1-3-18-12-7-11(8-12)17-9(2)13-6-10(15)4-5-14(13)16/h4-6,9,11-12,17H,3,7-8H2,1-2H3. The number of ether oxygens (including phenoxy) is 1. The SMILES string of the molecule is CCOC1CC(NC(C)c2cc(F)ccc2F)C1. The minimum Gasteiger partial charge on any atom is -0.378 e. The van der Waals surface area contributed by atoms with Crippen LogP contribution in [0.1, 0.15) is 38.3 Å². The van der Waals surface area contributed by atoms with Crippen molar-refractivity contribution in [2.75, 3.05) is 6.61 Å². The van der Waals surface area contributed by atoms with Crippen LogP contribution in [0.2, 0.25) is 0 Å². The molecule has 18 heavy (non-hydrogen) atoms. The van der Waals surface area contributed by atoms with Gasteiger partial charge in [-0.15, -0.1) is 0 Å². The van der Waals surface area contributed by atoms with Crippen LogP contribution in [-0.2, 0) is 4.74 Å². The highest BCUT2D eigenvalue weighted by atomic mass is 19.1. The maximum absolute atomic E-state index is 13.6. The first-order chi connectivity index (χ1) is 8.60. The van der Waals surface area contributed by atoms with Gasteiger partial charge in [-0.1, -0.05) is 0 Å². The third kappa shape index (κ3) is 3.06. The molecule has 1 aliphatic carbocycles. The molecular weight excluding hydrogens is 236 g/mol. The molecule has 2 rings (SSSR count). The summed E-state index contributed by atoms with van der Waals surface area (Å²) in [5.74, 6) is -0.766. The van der Waals surface area contributed by atoms with Crippen LogP contribution in [0, 0.1) is 11.6 Å². The van der Waals surface area contributed by atoms with Crippen LogP contribution in [0.15, 0.2) is 18.2 Å². The number of benzene rings is 1. The zero-order valence-corrected chi connectivity index (χ0v) is 10.7. The molecule has 1 aromatic rings. The maximum atomic E-state index is 13.6. The minimum absolute atomic E-state index is 0.187. The highest BCUT2D eigenvalue weighted by Crippen LogP contribution is 2.27. The van der Waals surface area contributed by atoms with Crippen LogP contribution in [0.3, 0.4) is 0 Å². The quantitative estimate of drug-likeness (QED) is 0.872. The average molecular weight is 255 g/mol. The summed E-state index contributed by atoms with van der Waals surface area (Å²) in [6.07, 6.45) is 2.20. The molecule has 4 heteroatoms. The third-order valence-corrected chi connectivity index (χ3v) is 3.41. The molecule has 0 saturated heterocycles. The lowest BCUT2D eigenvalue weighted by molar-refractivity contribution is -0.0121. The summed E-state index contributed by atoms with van der Waals surface area (Å²) in [5, 5.41) is 3.30. The largest absolute Gasteiger partial charge is 0.378 e. The molecule has 100 valence electrons. The molecule has 0 bridgehead atoms. The highest BCUT2D eigenvalue weighted by Gasteiger charge is 2.30. The summed E-state index contributed by atoms with van der Waals surface area (Å²) in [4.78, 5) is 0. The van der Waals surface area contributed by atoms with E-state index < -0.39 is 5.82 Å². The Morgan fingerprint density at radius 2 is 2.11 bits per heavy atom. The molecule has 0 amide bonds. The Kier molecular flexibility index (Phi) is 4.30. The Morgan fingerprint density at radius 1 is 1.39 bits per heavy atom. The van der Waals surface area contributed by atoms with Gasteiger partial charge in [-0.25, -0.2) is 8.78 Å². The number of rotatable bonds is 5. The molecule has 1 aromatic carbocycles. The minimum atomic E-state index is -0.402. The Labute approximate surface area is 106 Å². The first-order valence-corrected chi connectivity index (χ1v) is 6.42. The predicted molar refractivity (Wildman–Crippen MR) is 66.3 cm³/mol. The summed E-state index contributed by atoms with van der Waals surface area (Å²) in [5.41, 5.74) is 0.384. The van der Waals surface area contributed by atoms with Crippen molar-refractivity contribution < 1.29 is 13.5 Å². The highest BCUT2D eigenvalue weighted by molar-refractivity contribution is 5.22. The van der Waals surface area contributed by atoms with Crippen molar-refractivity contribution in [3.8, 4) is 0 Å². The van der Waals surface area contributed by atoms with E-state index in [1.165, 1.54) is 12.1 Å².